The minimum atomic E-state index is 0.436. The molecule has 4 nitrogen and oxygen atoms in total. The molecule has 4 unspecified atom stereocenters. The first-order valence-corrected chi connectivity index (χ1v) is 10.0. The molecule has 2 saturated carbocycles. The van der Waals surface area contributed by atoms with Crippen LogP contribution in [0.15, 0.2) is 4.99 Å². The number of aliphatic imine (C=N–C) groups is 1. The monoisotopic (exact) mass is 323 g/mol. The number of thioether (sulfide) groups is 1. The third-order valence-electron chi connectivity index (χ3n) is 6.43. The van der Waals surface area contributed by atoms with Gasteiger partial charge in [-0.3, -0.25) is 4.99 Å². The van der Waals surface area contributed by atoms with Crippen LogP contribution >= 0.6 is 11.8 Å². The zero-order chi connectivity index (χ0) is 15.2. The van der Waals surface area contributed by atoms with E-state index in [4.69, 9.17) is 4.74 Å². The molecular formula is C17H29N3OS. The maximum Gasteiger partial charge on any atom is 0.193 e. The van der Waals surface area contributed by atoms with E-state index in [2.05, 4.69) is 33.9 Å². The second-order valence-corrected chi connectivity index (χ2v) is 8.76. The van der Waals surface area contributed by atoms with Gasteiger partial charge in [-0.15, -0.1) is 0 Å². The Morgan fingerprint density at radius 2 is 2.32 bits per heavy atom. The van der Waals surface area contributed by atoms with Gasteiger partial charge in [-0.1, -0.05) is 13.3 Å². The lowest BCUT2D eigenvalue weighted by Crippen LogP contribution is -2.72. The van der Waals surface area contributed by atoms with Gasteiger partial charge in [-0.05, 0) is 25.7 Å². The number of fused-ring (bicyclic) bond motifs is 2. The fraction of sp³-hybridized carbons (Fsp3) is 0.941. The Labute approximate surface area is 138 Å². The number of ether oxygens (including phenoxy) is 1. The second-order valence-electron chi connectivity index (χ2n) is 7.35. The van der Waals surface area contributed by atoms with Crippen LogP contribution in [-0.2, 0) is 4.74 Å². The average Bonchev–Trinajstić information content (AvgIpc) is 2.92. The summed E-state index contributed by atoms with van der Waals surface area (Å²) in [7, 11) is 1.94. The summed E-state index contributed by atoms with van der Waals surface area (Å²) in [5.41, 5.74) is 0.436. The molecule has 4 fully saturated rings. The van der Waals surface area contributed by atoms with E-state index < -0.39 is 0 Å². The molecule has 2 heterocycles. The molecular weight excluding hydrogens is 294 g/mol. The third-order valence-corrected chi connectivity index (χ3v) is 7.80. The molecule has 2 aliphatic heterocycles. The van der Waals surface area contributed by atoms with E-state index in [-0.39, 0.29) is 0 Å². The van der Waals surface area contributed by atoms with Gasteiger partial charge in [0.1, 0.15) is 0 Å². The van der Waals surface area contributed by atoms with E-state index in [9.17, 15) is 0 Å². The molecule has 5 heteroatoms. The van der Waals surface area contributed by atoms with Gasteiger partial charge in [0.2, 0.25) is 0 Å². The summed E-state index contributed by atoms with van der Waals surface area (Å²) in [5, 5.41) is 4.63. The van der Waals surface area contributed by atoms with Crippen molar-refractivity contribution in [1.29, 1.82) is 0 Å². The number of hydrogen-bond acceptors (Lipinski definition) is 3. The lowest BCUT2D eigenvalue weighted by atomic mass is 9.46. The van der Waals surface area contributed by atoms with Crippen LogP contribution in [0, 0.1) is 11.3 Å². The van der Waals surface area contributed by atoms with Gasteiger partial charge in [-0.2, -0.15) is 11.8 Å². The molecule has 2 aliphatic carbocycles. The van der Waals surface area contributed by atoms with E-state index in [0.29, 0.717) is 17.6 Å². The van der Waals surface area contributed by atoms with E-state index >= 15 is 0 Å². The number of hydrogen-bond donors (Lipinski definition) is 1. The van der Waals surface area contributed by atoms with Gasteiger partial charge >= 0.3 is 0 Å². The minimum absolute atomic E-state index is 0.436. The lowest BCUT2D eigenvalue weighted by molar-refractivity contribution is -0.171. The van der Waals surface area contributed by atoms with Crippen molar-refractivity contribution in [3.63, 3.8) is 0 Å². The van der Waals surface area contributed by atoms with Gasteiger partial charge in [0, 0.05) is 55.1 Å². The maximum atomic E-state index is 6.04. The molecule has 124 valence electrons. The van der Waals surface area contributed by atoms with Crippen LogP contribution in [0.2, 0.25) is 0 Å². The SMILES string of the molecule is CCC1CN(C(=NC)NC2C3CCOC3C23CCC3)CCS1. The lowest BCUT2D eigenvalue weighted by Gasteiger charge is -2.63. The Balaban J connectivity index is 1.45. The highest BCUT2D eigenvalue weighted by Crippen LogP contribution is 2.62. The highest BCUT2D eigenvalue weighted by atomic mass is 32.2. The fourth-order valence-electron chi connectivity index (χ4n) is 5.05. The molecule has 0 bridgehead atoms. The fourth-order valence-corrected chi connectivity index (χ4v) is 6.23. The Kier molecular flexibility index (Phi) is 4.05. The summed E-state index contributed by atoms with van der Waals surface area (Å²) in [6.45, 7) is 5.54. The van der Waals surface area contributed by atoms with Crippen molar-refractivity contribution in [3.05, 3.63) is 0 Å². The largest absolute Gasteiger partial charge is 0.377 e. The van der Waals surface area contributed by atoms with Crippen LogP contribution in [0.5, 0.6) is 0 Å². The summed E-state index contributed by atoms with van der Waals surface area (Å²) in [5.74, 6) is 3.09. The number of guanidine groups is 1. The standard InChI is InChI=1S/C17H29N3OS/c1-3-12-11-20(8-10-22-12)16(18-2)19-14-13-5-9-21-15(13)17(14)6-4-7-17/h12-15H,3-11H2,1-2H3,(H,18,19). The van der Waals surface area contributed by atoms with Crippen molar-refractivity contribution >= 4 is 17.7 Å². The predicted octanol–water partition coefficient (Wildman–Crippen LogP) is 2.35. The van der Waals surface area contributed by atoms with Crippen LogP contribution in [0.1, 0.15) is 39.0 Å². The van der Waals surface area contributed by atoms with Crippen LogP contribution in [0.3, 0.4) is 0 Å². The summed E-state index contributed by atoms with van der Waals surface area (Å²) in [6.07, 6.45) is 7.09. The first-order valence-electron chi connectivity index (χ1n) is 9.00. The van der Waals surface area contributed by atoms with Gasteiger partial charge in [0.15, 0.2) is 5.96 Å². The van der Waals surface area contributed by atoms with Gasteiger partial charge in [0.05, 0.1) is 6.10 Å². The van der Waals surface area contributed by atoms with Crippen molar-refractivity contribution < 1.29 is 4.74 Å². The Bertz CT molecular complexity index is 451. The van der Waals surface area contributed by atoms with Crippen LogP contribution in [-0.4, -0.2) is 60.8 Å². The zero-order valence-corrected chi connectivity index (χ0v) is 14.7. The molecule has 4 atom stereocenters. The number of nitrogens with one attached hydrogen (secondary N) is 1. The molecule has 0 amide bonds. The Morgan fingerprint density at radius 3 is 3.00 bits per heavy atom. The zero-order valence-electron chi connectivity index (χ0n) is 13.9. The van der Waals surface area contributed by atoms with Gasteiger partial charge < -0.3 is 15.0 Å². The molecule has 1 spiro atoms. The molecule has 0 aromatic heterocycles. The minimum Gasteiger partial charge on any atom is -0.377 e. The second kappa shape index (κ2) is 5.90. The summed E-state index contributed by atoms with van der Waals surface area (Å²) in [4.78, 5) is 7.11. The van der Waals surface area contributed by atoms with E-state index in [1.807, 2.05) is 7.05 Å². The van der Waals surface area contributed by atoms with Crippen molar-refractivity contribution in [2.24, 2.45) is 16.3 Å². The summed E-state index contributed by atoms with van der Waals surface area (Å²) < 4.78 is 6.04. The molecule has 4 rings (SSSR count). The van der Waals surface area contributed by atoms with Crippen molar-refractivity contribution in [1.82, 2.24) is 10.2 Å². The molecule has 4 aliphatic rings. The highest BCUT2D eigenvalue weighted by Gasteiger charge is 2.66. The Hall–Kier alpha value is -0.420. The first-order chi connectivity index (χ1) is 10.8. The van der Waals surface area contributed by atoms with Crippen molar-refractivity contribution in [2.75, 3.05) is 32.5 Å². The summed E-state index contributed by atoms with van der Waals surface area (Å²) >= 11 is 2.12. The summed E-state index contributed by atoms with van der Waals surface area (Å²) in [6, 6.07) is 0.599. The van der Waals surface area contributed by atoms with E-state index in [0.717, 1.165) is 36.8 Å². The van der Waals surface area contributed by atoms with Crippen molar-refractivity contribution in [3.8, 4) is 0 Å². The number of rotatable bonds is 2. The van der Waals surface area contributed by atoms with Gasteiger partial charge in [-0.25, -0.2) is 0 Å². The molecule has 0 aromatic carbocycles. The molecule has 1 N–H and O–H groups in total. The third kappa shape index (κ3) is 2.19. The highest BCUT2D eigenvalue weighted by molar-refractivity contribution is 8.00. The predicted molar refractivity (Wildman–Crippen MR) is 92.5 cm³/mol. The molecule has 0 aromatic rings. The van der Waals surface area contributed by atoms with Gasteiger partial charge in [0.25, 0.3) is 0 Å². The normalized spacial score (nSPS) is 40.1. The quantitative estimate of drug-likeness (QED) is 0.625. The van der Waals surface area contributed by atoms with Crippen LogP contribution in [0.4, 0.5) is 0 Å². The maximum absolute atomic E-state index is 6.04. The van der Waals surface area contributed by atoms with Crippen LogP contribution < -0.4 is 5.32 Å². The Morgan fingerprint density at radius 1 is 1.45 bits per heavy atom. The molecule has 22 heavy (non-hydrogen) atoms. The van der Waals surface area contributed by atoms with Crippen molar-refractivity contribution in [2.45, 2.75) is 56.4 Å². The topological polar surface area (TPSA) is 36.9 Å². The first kappa shape index (κ1) is 15.1. The number of nitrogens with zero attached hydrogens (tertiary/aromatic N) is 2. The smallest absolute Gasteiger partial charge is 0.193 e. The molecule has 2 saturated heterocycles. The average molecular weight is 324 g/mol. The van der Waals surface area contributed by atoms with E-state index in [1.165, 1.54) is 37.9 Å². The van der Waals surface area contributed by atoms with Crippen LogP contribution in [0.25, 0.3) is 0 Å². The molecule has 0 radical (unpaired) electrons. The van der Waals surface area contributed by atoms with E-state index in [1.54, 1.807) is 0 Å².